The van der Waals surface area contributed by atoms with Crippen LogP contribution in [0, 0.1) is 18.3 Å². The van der Waals surface area contributed by atoms with Gasteiger partial charge in [-0.3, -0.25) is 9.48 Å². The van der Waals surface area contributed by atoms with E-state index in [4.69, 9.17) is 9.72 Å². The van der Waals surface area contributed by atoms with E-state index in [0.29, 0.717) is 42.3 Å². The summed E-state index contributed by atoms with van der Waals surface area (Å²) in [5.74, 6) is 0.976. The molecular weight excluding hydrogens is 506 g/mol. The van der Waals surface area contributed by atoms with Crippen molar-refractivity contribution in [1.29, 1.82) is 0 Å². The Morgan fingerprint density at radius 3 is 2.50 bits per heavy atom. The minimum absolute atomic E-state index is 0.0169. The number of hydrogen-bond acceptors (Lipinski definition) is 8. The second kappa shape index (κ2) is 9.72. The SMILES string of the molecule is Cc1nn(C)cc1S(=O)(=O)NC(=O)c1ccc(-n2ccc(OCC(C)(C)C)n2)nc1N1C[C@H](C)CC1(C)C. The van der Waals surface area contributed by atoms with Crippen LogP contribution in [0.2, 0.25) is 0 Å². The van der Waals surface area contributed by atoms with Gasteiger partial charge in [0.15, 0.2) is 5.82 Å². The molecule has 0 aliphatic carbocycles. The summed E-state index contributed by atoms with van der Waals surface area (Å²) in [6.07, 6.45) is 4.02. The number of pyridine rings is 1. The predicted octanol–water partition coefficient (Wildman–Crippen LogP) is 3.48. The van der Waals surface area contributed by atoms with Crippen LogP contribution in [0.1, 0.15) is 64.0 Å². The fourth-order valence-corrected chi connectivity index (χ4v) is 5.97. The van der Waals surface area contributed by atoms with E-state index in [1.54, 1.807) is 43.0 Å². The van der Waals surface area contributed by atoms with Gasteiger partial charge >= 0.3 is 0 Å². The van der Waals surface area contributed by atoms with Gasteiger partial charge in [-0.2, -0.15) is 5.10 Å². The first-order chi connectivity index (χ1) is 17.6. The Morgan fingerprint density at radius 1 is 1.21 bits per heavy atom. The number of carbonyl (C=O) groups is 1. The van der Waals surface area contributed by atoms with Gasteiger partial charge in [-0.05, 0) is 50.7 Å². The third-order valence-electron chi connectivity index (χ3n) is 6.37. The Kier molecular flexibility index (Phi) is 7.06. The monoisotopic (exact) mass is 543 g/mol. The number of nitrogens with one attached hydrogen (secondary N) is 1. The second-order valence-electron chi connectivity index (χ2n) is 11.9. The number of rotatable bonds is 7. The Bertz CT molecular complexity index is 1450. The van der Waals surface area contributed by atoms with Gasteiger partial charge in [-0.1, -0.05) is 27.7 Å². The zero-order chi connectivity index (χ0) is 28.0. The zero-order valence-electron chi connectivity index (χ0n) is 23.3. The van der Waals surface area contributed by atoms with Crippen molar-refractivity contribution in [3.05, 3.63) is 41.9 Å². The number of carbonyl (C=O) groups excluding carboxylic acids is 1. The Labute approximate surface area is 224 Å². The van der Waals surface area contributed by atoms with Gasteiger partial charge < -0.3 is 9.64 Å². The highest BCUT2D eigenvalue weighted by molar-refractivity contribution is 7.90. The van der Waals surface area contributed by atoms with E-state index in [2.05, 4.69) is 61.4 Å². The molecule has 1 amide bonds. The van der Waals surface area contributed by atoms with E-state index in [-0.39, 0.29) is 21.4 Å². The van der Waals surface area contributed by atoms with Crippen molar-refractivity contribution in [2.75, 3.05) is 18.1 Å². The van der Waals surface area contributed by atoms with E-state index in [9.17, 15) is 13.2 Å². The molecule has 206 valence electrons. The maximum atomic E-state index is 13.4. The van der Waals surface area contributed by atoms with Crippen molar-refractivity contribution in [2.45, 2.75) is 65.3 Å². The maximum absolute atomic E-state index is 13.4. The minimum Gasteiger partial charge on any atom is -0.476 e. The van der Waals surface area contributed by atoms with Crippen LogP contribution < -0.4 is 14.4 Å². The molecule has 0 radical (unpaired) electrons. The van der Waals surface area contributed by atoms with Gasteiger partial charge in [0.25, 0.3) is 15.9 Å². The maximum Gasteiger partial charge on any atom is 0.268 e. The van der Waals surface area contributed by atoms with E-state index in [0.717, 1.165) is 6.42 Å². The summed E-state index contributed by atoms with van der Waals surface area (Å²) in [5.41, 5.74) is 0.164. The fraction of sp³-hybridized carbons (Fsp3) is 0.538. The van der Waals surface area contributed by atoms with Crippen molar-refractivity contribution in [3.63, 3.8) is 0 Å². The highest BCUT2D eigenvalue weighted by Crippen LogP contribution is 2.37. The topological polar surface area (TPSA) is 124 Å². The summed E-state index contributed by atoms with van der Waals surface area (Å²) >= 11 is 0. The molecule has 1 aliphatic rings. The molecule has 1 atom stereocenters. The molecule has 1 N–H and O–H groups in total. The number of anilines is 1. The van der Waals surface area contributed by atoms with Gasteiger partial charge in [0.05, 0.1) is 17.9 Å². The summed E-state index contributed by atoms with van der Waals surface area (Å²) in [6.45, 7) is 15.3. The van der Waals surface area contributed by atoms with Crippen LogP contribution in [0.5, 0.6) is 5.88 Å². The standard InChI is InChI=1S/C26H37N7O4S/c1-17-13-26(6,7)32(14-17)23-19(24(34)30-38(35,36)20-15-31(8)28-18(20)2)9-10-21(27-23)33-12-11-22(29-33)37-16-25(3,4)5/h9-12,15,17H,13-14,16H2,1-8H3,(H,30,34)/t17-/m1/s1. The molecule has 4 heterocycles. The molecule has 12 heteroatoms. The van der Waals surface area contributed by atoms with Crippen LogP contribution in [0.15, 0.2) is 35.5 Å². The third-order valence-corrected chi connectivity index (χ3v) is 7.81. The molecule has 1 aliphatic heterocycles. The number of aromatic nitrogens is 5. The molecule has 0 bridgehead atoms. The van der Waals surface area contributed by atoms with Gasteiger partial charge in [0.2, 0.25) is 5.88 Å². The number of amides is 1. The average Bonchev–Trinajstić information content (AvgIpc) is 3.47. The van der Waals surface area contributed by atoms with Crippen LogP contribution in [-0.4, -0.2) is 57.6 Å². The van der Waals surface area contributed by atoms with Gasteiger partial charge in [0, 0.05) is 37.6 Å². The molecule has 0 unspecified atom stereocenters. The molecule has 4 rings (SSSR count). The summed E-state index contributed by atoms with van der Waals surface area (Å²) in [4.78, 5) is 20.3. The smallest absolute Gasteiger partial charge is 0.268 e. The molecule has 38 heavy (non-hydrogen) atoms. The fourth-order valence-electron chi connectivity index (χ4n) is 4.78. The first-order valence-electron chi connectivity index (χ1n) is 12.6. The molecule has 1 fully saturated rings. The number of sulfonamides is 1. The van der Waals surface area contributed by atoms with E-state index in [1.807, 2.05) is 0 Å². The van der Waals surface area contributed by atoms with E-state index in [1.165, 1.54) is 10.9 Å². The van der Waals surface area contributed by atoms with Gasteiger partial charge in [-0.15, -0.1) is 5.10 Å². The lowest BCUT2D eigenvalue weighted by Crippen LogP contribution is -2.41. The highest BCUT2D eigenvalue weighted by atomic mass is 32.2. The number of aryl methyl sites for hydroxylation is 2. The van der Waals surface area contributed by atoms with Crippen molar-refractivity contribution >= 4 is 21.7 Å². The van der Waals surface area contributed by atoms with Crippen molar-refractivity contribution in [1.82, 2.24) is 29.3 Å². The van der Waals surface area contributed by atoms with Gasteiger partial charge in [0.1, 0.15) is 10.7 Å². The quantitative estimate of drug-likeness (QED) is 0.480. The van der Waals surface area contributed by atoms with Crippen LogP contribution in [0.3, 0.4) is 0 Å². The lowest BCUT2D eigenvalue weighted by atomic mass is 9.97. The first kappa shape index (κ1) is 27.6. The van der Waals surface area contributed by atoms with E-state index < -0.39 is 15.9 Å². The van der Waals surface area contributed by atoms with Crippen LogP contribution >= 0.6 is 0 Å². The largest absolute Gasteiger partial charge is 0.476 e. The summed E-state index contributed by atoms with van der Waals surface area (Å²) < 4.78 is 37.1. The predicted molar refractivity (Wildman–Crippen MR) is 144 cm³/mol. The molecule has 3 aromatic heterocycles. The van der Waals surface area contributed by atoms with Crippen molar-refractivity contribution in [2.24, 2.45) is 18.4 Å². The molecular formula is C26H37N7O4S. The summed E-state index contributed by atoms with van der Waals surface area (Å²) in [7, 11) is -2.51. The minimum atomic E-state index is -4.14. The molecule has 0 spiro atoms. The van der Waals surface area contributed by atoms with E-state index >= 15 is 0 Å². The number of nitrogens with zero attached hydrogens (tertiary/aromatic N) is 6. The normalized spacial score (nSPS) is 17.6. The Hall–Kier alpha value is -3.41. The zero-order valence-corrected chi connectivity index (χ0v) is 24.1. The third kappa shape index (κ3) is 5.85. The lowest BCUT2D eigenvalue weighted by molar-refractivity contribution is 0.0981. The Morgan fingerprint density at radius 2 is 1.92 bits per heavy atom. The molecule has 3 aromatic rings. The van der Waals surface area contributed by atoms with Crippen molar-refractivity contribution < 1.29 is 17.9 Å². The van der Waals surface area contributed by atoms with Gasteiger partial charge in [-0.25, -0.2) is 22.8 Å². The van der Waals surface area contributed by atoms with Crippen molar-refractivity contribution in [3.8, 4) is 11.7 Å². The first-order valence-corrected chi connectivity index (χ1v) is 14.1. The second-order valence-corrected chi connectivity index (χ2v) is 13.6. The number of hydrogen-bond donors (Lipinski definition) is 1. The molecule has 11 nitrogen and oxygen atoms in total. The number of ether oxygens (including phenoxy) is 1. The van der Waals surface area contributed by atoms with Crippen LogP contribution in [0.4, 0.5) is 5.82 Å². The molecule has 1 saturated heterocycles. The Balaban J connectivity index is 1.71. The summed E-state index contributed by atoms with van der Waals surface area (Å²) in [5, 5.41) is 8.58. The molecule has 0 saturated carbocycles. The van der Waals surface area contributed by atoms with Crippen LogP contribution in [0.25, 0.3) is 5.82 Å². The lowest BCUT2D eigenvalue weighted by Gasteiger charge is -2.34. The van der Waals surface area contributed by atoms with Crippen LogP contribution in [-0.2, 0) is 17.1 Å². The summed E-state index contributed by atoms with van der Waals surface area (Å²) in [6, 6.07) is 5.00. The average molecular weight is 544 g/mol. The molecule has 0 aromatic carbocycles. The highest BCUT2D eigenvalue weighted by Gasteiger charge is 2.39.